The molecule has 0 bridgehead atoms. The van der Waals surface area contributed by atoms with Gasteiger partial charge in [0.05, 0.1) is 0 Å². The SMILES string of the molecule is CCCC/C(S)=C(\C)N. The van der Waals surface area contributed by atoms with E-state index in [9.17, 15) is 0 Å². The third-order valence-corrected chi connectivity index (χ3v) is 1.80. The van der Waals surface area contributed by atoms with Crippen molar-refractivity contribution >= 4 is 12.6 Å². The van der Waals surface area contributed by atoms with Crippen molar-refractivity contribution in [2.24, 2.45) is 5.73 Å². The van der Waals surface area contributed by atoms with Gasteiger partial charge in [0.25, 0.3) is 0 Å². The molecule has 0 amide bonds. The summed E-state index contributed by atoms with van der Waals surface area (Å²) in [6.07, 6.45) is 3.42. The summed E-state index contributed by atoms with van der Waals surface area (Å²) in [5, 5.41) is 0. The van der Waals surface area contributed by atoms with Crippen molar-refractivity contribution in [2.75, 3.05) is 0 Å². The van der Waals surface area contributed by atoms with Gasteiger partial charge in [0.2, 0.25) is 0 Å². The zero-order valence-electron chi connectivity index (χ0n) is 6.15. The van der Waals surface area contributed by atoms with Gasteiger partial charge in [-0.15, -0.1) is 12.6 Å². The Balaban J connectivity index is 3.50. The molecule has 0 aromatic heterocycles. The molecule has 0 aromatic carbocycles. The Morgan fingerprint density at radius 1 is 1.56 bits per heavy atom. The van der Waals surface area contributed by atoms with Crippen LogP contribution < -0.4 is 5.73 Å². The Hall–Kier alpha value is -0.110. The highest BCUT2D eigenvalue weighted by atomic mass is 32.1. The Bertz CT molecular complexity index is 103. The van der Waals surface area contributed by atoms with Gasteiger partial charge in [0.15, 0.2) is 0 Å². The van der Waals surface area contributed by atoms with Crippen LogP contribution in [0.4, 0.5) is 0 Å². The average molecular weight is 145 g/mol. The van der Waals surface area contributed by atoms with Crippen LogP contribution >= 0.6 is 12.6 Å². The normalized spacial score (nSPS) is 13.2. The molecule has 0 fully saturated rings. The number of hydrogen-bond acceptors (Lipinski definition) is 2. The minimum atomic E-state index is 0.854. The molecule has 0 radical (unpaired) electrons. The van der Waals surface area contributed by atoms with Crippen LogP contribution in [0.2, 0.25) is 0 Å². The molecule has 9 heavy (non-hydrogen) atoms. The quantitative estimate of drug-likeness (QED) is 0.585. The van der Waals surface area contributed by atoms with E-state index in [1.54, 1.807) is 0 Å². The molecule has 0 spiro atoms. The summed E-state index contributed by atoms with van der Waals surface area (Å²) < 4.78 is 0. The van der Waals surface area contributed by atoms with Gasteiger partial charge in [-0.1, -0.05) is 13.3 Å². The second kappa shape index (κ2) is 4.74. The van der Waals surface area contributed by atoms with Gasteiger partial charge < -0.3 is 5.73 Å². The van der Waals surface area contributed by atoms with E-state index >= 15 is 0 Å². The van der Waals surface area contributed by atoms with E-state index in [-0.39, 0.29) is 0 Å². The number of allylic oxidation sites excluding steroid dienone is 2. The third kappa shape index (κ3) is 4.40. The van der Waals surface area contributed by atoms with Gasteiger partial charge >= 0.3 is 0 Å². The fourth-order valence-electron chi connectivity index (χ4n) is 0.541. The lowest BCUT2D eigenvalue weighted by molar-refractivity contribution is 0.804. The topological polar surface area (TPSA) is 26.0 Å². The molecule has 0 rings (SSSR count). The lowest BCUT2D eigenvalue weighted by Gasteiger charge is -1.99. The van der Waals surface area contributed by atoms with Gasteiger partial charge in [-0.25, -0.2) is 0 Å². The van der Waals surface area contributed by atoms with Gasteiger partial charge in [0.1, 0.15) is 0 Å². The Morgan fingerprint density at radius 3 is 2.44 bits per heavy atom. The van der Waals surface area contributed by atoms with E-state index in [2.05, 4.69) is 19.6 Å². The van der Waals surface area contributed by atoms with E-state index < -0.39 is 0 Å². The highest BCUT2D eigenvalue weighted by molar-refractivity contribution is 7.84. The summed E-state index contributed by atoms with van der Waals surface area (Å²) in [5.74, 6) is 0. The van der Waals surface area contributed by atoms with Gasteiger partial charge in [-0.3, -0.25) is 0 Å². The molecule has 0 aliphatic heterocycles. The monoisotopic (exact) mass is 145 g/mol. The molecule has 54 valence electrons. The number of hydrogen-bond donors (Lipinski definition) is 2. The fraction of sp³-hybridized carbons (Fsp3) is 0.714. The predicted octanol–water partition coefficient (Wildman–Crippen LogP) is 2.30. The van der Waals surface area contributed by atoms with Crippen molar-refractivity contribution in [3.63, 3.8) is 0 Å². The third-order valence-electron chi connectivity index (χ3n) is 1.22. The summed E-state index contributed by atoms with van der Waals surface area (Å²) in [6, 6.07) is 0. The van der Waals surface area contributed by atoms with Crippen LogP contribution in [0.3, 0.4) is 0 Å². The smallest absolute Gasteiger partial charge is 0.0143 e. The van der Waals surface area contributed by atoms with Crippen LogP contribution in [0.1, 0.15) is 33.1 Å². The molecule has 0 atom stereocenters. The molecule has 0 saturated heterocycles. The largest absolute Gasteiger partial charge is 0.402 e. The minimum absolute atomic E-state index is 0.854. The minimum Gasteiger partial charge on any atom is -0.402 e. The van der Waals surface area contributed by atoms with Crippen LogP contribution in [0.5, 0.6) is 0 Å². The molecular formula is C7H15NS. The van der Waals surface area contributed by atoms with Gasteiger partial charge in [-0.05, 0) is 19.8 Å². The highest BCUT2D eigenvalue weighted by Crippen LogP contribution is 2.12. The number of thiol groups is 1. The summed E-state index contributed by atoms with van der Waals surface area (Å²) in [7, 11) is 0. The van der Waals surface area contributed by atoms with Crippen molar-refractivity contribution in [1.82, 2.24) is 0 Å². The second-order valence-corrected chi connectivity index (χ2v) is 2.77. The fourth-order valence-corrected chi connectivity index (χ4v) is 0.700. The Labute approximate surface area is 62.7 Å². The van der Waals surface area contributed by atoms with Crippen LogP contribution in [0.25, 0.3) is 0 Å². The van der Waals surface area contributed by atoms with Gasteiger partial charge in [-0.2, -0.15) is 0 Å². The van der Waals surface area contributed by atoms with Crippen molar-refractivity contribution in [3.05, 3.63) is 10.6 Å². The maximum atomic E-state index is 5.48. The first-order chi connectivity index (χ1) is 4.18. The van der Waals surface area contributed by atoms with E-state index in [0.717, 1.165) is 17.0 Å². The lowest BCUT2D eigenvalue weighted by Crippen LogP contribution is -1.93. The van der Waals surface area contributed by atoms with Crippen molar-refractivity contribution in [3.8, 4) is 0 Å². The molecule has 0 aliphatic carbocycles. The molecule has 0 aromatic rings. The Kier molecular flexibility index (Phi) is 4.68. The van der Waals surface area contributed by atoms with E-state index in [4.69, 9.17) is 5.73 Å². The first-order valence-electron chi connectivity index (χ1n) is 3.32. The number of nitrogens with two attached hydrogens (primary N) is 1. The Morgan fingerprint density at radius 2 is 2.11 bits per heavy atom. The van der Waals surface area contributed by atoms with Gasteiger partial charge in [0, 0.05) is 10.6 Å². The van der Waals surface area contributed by atoms with Crippen LogP contribution in [-0.2, 0) is 0 Å². The van der Waals surface area contributed by atoms with Crippen molar-refractivity contribution in [1.29, 1.82) is 0 Å². The molecular weight excluding hydrogens is 130 g/mol. The molecule has 0 saturated carbocycles. The standard InChI is InChI=1S/C7H15NS/c1-3-4-5-7(9)6(2)8/h9H,3-5,8H2,1-2H3/b7-6-. The second-order valence-electron chi connectivity index (χ2n) is 2.23. The van der Waals surface area contributed by atoms with E-state index in [1.165, 1.54) is 12.8 Å². The molecule has 0 aliphatic rings. The zero-order valence-corrected chi connectivity index (χ0v) is 7.04. The summed E-state index contributed by atoms with van der Waals surface area (Å²) in [4.78, 5) is 1.04. The van der Waals surface area contributed by atoms with Crippen molar-refractivity contribution < 1.29 is 0 Å². The summed E-state index contributed by atoms with van der Waals surface area (Å²) in [6.45, 7) is 4.05. The van der Waals surface area contributed by atoms with Crippen LogP contribution in [0, 0.1) is 0 Å². The zero-order chi connectivity index (χ0) is 7.28. The van der Waals surface area contributed by atoms with E-state index in [0.29, 0.717) is 0 Å². The lowest BCUT2D eigenvalue weighted by atomic mass is 10.2. The first-order valence-corrected chi connectivity index (χ1v) is 3.77. The molecule has 2 N–H and O–H groups in total. The maximum absolute atomic E-state index is 5.48. The molecule has 0 unspecified atom stereocenters. The number of rotatable bonds is 3. The average Bonchev–Trinajstić information content (AvgIpc) is 1.82. The van der Waals surface area contributed by atoms with Crippen LogP contribution in [-0.4, -0.2) is 0 Å². The summed E-state index contributed by atoms with van der Waals surface area (Å²) >= 11 is 4.21. The molecule has 0 heterocycles. The molecule has 2 heteroatoms. The number of unbranched alkanes of at least 4 members (excludes halogenated alkanes) is 1. The van der Waals surface area contributed by atoms with E-state index in [1.807, 2.05) is 6.92 Å². The van der Waals surface area contributed by atoms with Crippen molar-refractivity contribution in [2.45, 2.75) is 33.1 Å². The maximum Gasteiger partial charge on any atom is 0.0143 e. The molecule has 1 nitrogen and oxygen atoms in total. The highest BCUT2D eigenvalue weighted by Gasteiger charge is 1.91. The predicted molar refractivity (Wildman–Crippen MR) is 45.4 cm³/mol. The first kappa shape index (κ1) is 8.89. The van der Waals surface area contributed by atoms with Crippen LogP contribution in [0.15, 0.2) is 10.6 Å². The summed E-state index contributed by atoms with van der Waals surface area (Å²) in [5.41, 5.74) is 6.33.